The van der Waals surface area contributed by atoms with Crippen LogP contribution >= 0.6 is 15.9 Å². The number of halogens is 1. The Hall–Kier alpha value is -3.46. The van der Waals surface area contributed by atoms with Crippen LogP contribution in [0.15, 0.2) is 63.4 Å². The molecular weight excluding hydrogens is 600 g/mol. The van der Waals surface area contributed by atoms with Crippen LogP contribution in [0.25, 0.3) is 0 Å². The van der Waals surface area contributed by atoms with Crippen LogP contribution in [0.5, 0.6) is 11.5 Å². The molecule has 222 valence electrons. The second kappa shape index (κ2) is 11.0. The van der Waals surface area contributed by atoms with Crippen molar-refractivity contribution in [1.29, 1.82) is 0 Å². The van der Waals surface area contributed by atoms with Gasteiger partial charge in [0.15, 0.2) is 23.1 Å². The lowest BCUT2D eigenvalue weighted by Crippen LogP contribution is -2.43. The highest BCUT2D eigenvalue weighted by Gasteiger charge is 2.48. The second-order valence-corrected chi connectivity index (χ2v) is 13.9. The minimum atomic E-state index is -0.488. The van der Waals surface area contributed by atoms with Crippen molar-refractivity contribution in [1.82, 2.24) is 4.90 Å². The maximum atomic E-state index is 13.8. The third-order valence-corrected chi connectivity index (χ3v) is 8.96. The van der Waals surface area contributed by atoms with Gasteiger partial charge in [0.1, 0.15) is 6.61 Å². The number of non-ortho nitro benzene ring substituents is 1. The van der Waals surface area contributed by atoms with Crippen LogP contribution in [-0.4, -0.2) is 35.0 Å². The summed E-state index contributed by atoms with van der Waals surface area (Å²) in [6, 6.07) is 10.0. The Morgan fingerprint density at radius 1 is 0.929 bits per heavy atom. The van der Waals surface area contributed by atoms with Gasteiger partial charge in [-0.15, -0.1) is 0 Å². The molecule has 0 spiro atoms. The molecule has 1 aliphatic heterocycles. The summed E-state index contributed by atoms with van der Waals surface area (Å²) in [5.41, 5.74) is 4.65. The first kappa shape index (κ1) is 30.0. The highest BCUT2D eigenvalue weighted by molar-refractivity contribution is 9.10. The molecule has 8 nitrogen and oxygen atoms in total. The highest BCUT2D eigenvalue weighted by Crippen LogP contribution is 2.55. The van der Waals surface area contributed by atoms with E-state index in [4.69, 9.17) is 9.47 Å². The zero-order valence-corrected chi connectivity index (χ0v) is 26.6. The topological polar surface area (TPSA) is 99.0 Å². The number of carbonyl (C=O) groups excluding carboxylic acids is 2. The summed E-state index contributed by atoms with van der Waals surface area (Å²) in [4.78, 5) is 40.4. The number of hydrogen-bond acceptors (Lipinski definition) is 7. The van der Waals surface area contributed by atoms with Crippen LogP contribution in [0.1, 0.15) is 77.3 Å². The van der Waals surface area contributed by atoms with Crippen molar-refractivity contribution in [3.8, 4) is 11.5 Å². The molecule has 0 bridgehead atoms. The van der Waals surface area contributed by atoms with Crippen molar-refractivity contribution >= 4 is 33.2 Å². The summed E-state index contributed by atoms with van der Waals surface area (Å²) in [6.45, 7) is 10.9. The lowest BCUT2D eigenvalue weighted by molar-refractivity contribution is -0.384. The zero-order chi connectivity index (χ0) is 30.6. The Balaban J connectivity index is 1.60. The number of benzene rings is 2. The smallest absolute Gasteiger partial charge is 0.269 e. The molecule has 0 saturated heterocycles. The number of carbonyl (C=O) groups is 2. The van der Waals surface area contributed by atoms with Crippen LogP contribution in [0, 0.1) is 20.9 Å². The summed E-state index contributed by atoms with van der Waals surface area (Å²) in [6.07, 6.45) is 2.35. The zero-order valence-electron chi connectivity index (χ0n) is 25.0. The summed E-state index contributed by atoms with van der Waals surface area (Å²) in [5, 5.41) is 11.0. The van der Waals surface area contributed by atoms with E-state index in [9.17, 15) is 19.7 Å². The fraction of sp³-hybridized carbons (Fsp3) is 0.455. The molecule has 0 N–H and O–H groups in total. The minimum absolute atomic E-state index is 0.0149. The second-order valence-electron chi connectivity index (χ2n) is 13.1. The van der Waals surface area contributed by atoms with Crippen LogP contribution in [0.2, 0.25) is 0 Å². The molecule has 0 saturated carbocycles. The molecular formula is C33H37BrN2O6. The number of rotatable bonds is 7. The summed E-state index contributed by atoms with van der Waals surface area (Å²) in [7, 11) is 2.00. The van der Waals surface area contributed by atoms with Crippen LogP contribution < -0.4 is 9.47 Å². The Kier molecular flexibility index (Phi) is 7.85. The summed E-state index contributed by atoms with van der Waals surface area (Å²) < 4.78 is 12.9. The van der Waals surface area contributed by atoms with Crippen molar-refractivity contribution < 1.29 is 24.0 Å². The minimum Gasteiger partial charge on any atom is -0.490 e. The van der Waals surface area contributed by atoms with Crippen LogP contribution in [0.4, 0.5) is 5.69 Å². The molecule has 3 aliphatic rings. The van der Waals surface area contributed by atoms with E-state index in [0.29, 0.717) is 46.6 Å². The molecule has 5 rings (SSSR count). The highest BCUT2D eigenvalue weighted by atomic mass is 79.9. The van der Waals surface area contributed by atoms with Crippen molar-refractivity contribution in [2.24, 2.45) is 10.8 Å². The Morgan fingerprint density at radius 2 is 1.48 bits per heavy atom. The molecule has 0 fully saturated rings. The average molecular weight is 638 g/mol. The first-order valence-corrected chi connectivity index (χ1v) is 15.1. The molecule has 0 aromatic heterocycles. The van der Waals surface area contributed by atoms with E-state index >= 15 is 0 Å². The molecule has 2 aromatic rings. The lowest BCUT2D eigenvalue weighted by atomic mass is 9.64. The number of allylic oxidation sites excluding steroid dienone is 4. The number of nitro groups is 1. The predicted molar refractivity (Wildman–Crippen MR) is 163 cm³/mol. The molecule has 9 heteroatoms. The normalized spacial score (nSPS) is 19.9. The standard InChI is InChI=1S/C33H37BrN2O6/c1-7-41-27-13-20(12-22(34)31(27)42-18-19-8-10-21(11-9-19)36(39)40)28-29-23(14-32(2,3)16-25(29)37)35(6)24-15-33(4,5)17-26(38)30(24)28/h8-13,28H,7,14-18H2,1-6H3. The van der Waals surface area contributed by atoms with Gasteiger partial charge in [0, 0.05) is 60.5 Å². The van der Waals surface area contributed by atoms with E-state index < -0.39 is 10.8 Å². The van der Waals surface area contributed by atoms with Gasteiger partial charge in [0.05, 0.1) is 16.0 Å². The third-order valence-electron chi connectivity index (χ3n) is 8.38. The first-order chi connectivity index (χ1) is 19.7. The number of ether oxygens (including phenoxy) is 2. The first-order valence-electron chi connectivity index (χ1n) is 14.3. The molecule has 0 unspecified atom stereocenters. The predicted octanol–water partition coefficient (Wildman–Crippen LogP) is 7.65. The Labute approximate surface area is 255 Å². The molecule has 42 heavy (non-hydrogen) atoms. The maximum absolute atomic E-state index is 13.8. The van der Waals surface area contributed by atoms with Gasteiger partial charge in [-0.05, 0) is 81.9 Å². The van der Waals surface area contributed by atoms with Crippen molar-refractivity contribution in [2.75, 3.05) is 13.7 Å². The van der Waals surface area contributed by atoms with E-state index in [1.165, 1.54) is 12.1 Å². The number of nitro benzene ring substituents is 1. The number of hydrogen-bond donors (Lipinski definition) is 0. The maximum Gasteiger partial charge on any atom is 0.269 e. The van der Waals surface area contributed by atoms with Gasteiger partial charge in [-0.25, -0.2) is 0 Å². The quantitative estimate of drug-likeness (QED) is 0.227. The van der Waals surface area contributed by atoms with Crippen molar-refractivity contribution in [2.45, 2.75) is 72.8 Å². The fourth-order valence-corrected chi connectivity index (χ4v) is 7.10. The van der Waals surface area contributed by atoms with Gasteiger partial charge in [-0.3, -0.25) is 19.7 Å². The SMILES string of the molecule is CCOc1cc(C2C3=C(CC(C)(C)CC3=O)N(C)C3=C2C(=O)CC(C)(C)C3)cc(Br)c1OCc1ccc([N+](=O)[O-])cc1. The van der Waals surface area contributed by atoms with Gasteiger partial charge >= 0.3 is 0 Å². The van der Waals surface area contributed by atoms with E-state index in [-0.39, 0.29) is 34.7 Å². The number of nitrogens with zero attached hydrogens (tertiary/aromatic N) is 2. The van der Waals surface area contributed by atoms with Crippen molar-refractivity contribution in [3.63, 3.8) is 0 Å². The fourth-order valence-electron chi connectivity index (χ4n) is 6.52. The van der Waals surface area contributed by atoms with E-state index in [0.717, 1.165) is 35.4 Å². The van der Waals surface area contributed by atoms with Gasteiger partial charge < -0.3 is 14.4 Å². The van der Waals surface area contributed by atoms with Gasteiger partial charge in [-0.1, -0.05) is 27.7 Å². The molecule has 0 radical (unpaired) electrons. The van der Waals surface area contributed by atoms with Gasteiger partial charge in [0.25, 0.3) is 5.69 Å². The molecule has 0 atom stereocenters. The van der Waals surface area contributed by atoms with Gasteiger partial charge in [-0.2, -0.15) is 0 Å². The molecule has 2 aliphatic carbocycles. The number of ketones is 2. The van der Waals surface area contributed by atoms with Gasteiger partial charge in [0.2, 0.25) is 0 Å². The Bertz CT molecular complexity index is 1480. The van der Waals surface area contributed by atoms with E-state index in [1.807, 2.05) is 26.1 Å². The van der Waals surface area contributed by atoms with Crippen LogP contribution in [0.3, 0.4) is 0 Å². The molecule has 2 aromatic carbocycles. The van der Waals surface area contributed by atoms with Crippen molar-refractivity contribution in [3.05, 3.63) is 84.7 Å². The molecule has 0 amide bonds. The summed E-state index contributed by atoms with van der Waals surface area (Å²) >= 11 is 3.69. The average Bonchev–Trinajstić information content (AvgIpc) is 2.88. The summed E-state index contributed by atoms with van der Waals surface area (Å²) in [5.74, 6) is 0.657. The van der Waals surface area contributed by atoms with Crippen LogP contribution in [-0.2, 0) is 16.2 Å². The largest absolute Gasteiger partial charge is 0.490 e. The monoisotopic (exact) mass is 636 g/mol. The lowest BCUT2D eigenvalue weighted by Gasteiger charge is -2.48. The Morgan fingerprint density at radius 3 is 1.98 bits per heavy atom. The van der Waals surface area contributed by atoms with E-state index in [2.05, 4.69) is 48.5 Å². The third kappa shape index (κ3) is 5.63. The number of Topliss-reactive ketones (excluding diaryl/α,β-unsaturated/α-hetero) is 2. The molecule has 1 heterocycles. The van der Waals surface area contributed by atoms with E-state index in [1.54, 1.807) is 12.1 Å².